The fraction of sp³-hybridized carbons (Fsp3) is 0.500. The molecule has 98 valence electrons. The van der Waals surface area contributed by atoms with Gasteiger partial charge in [0, 0.05) is 12.6 Å². The van der Waals surface area contributed by atoms with Gasteiger partial charge in [-0.05, 0) is 43.5 Å². The van der Waals surface area contributed by atoms with E-state index >= 15 is 0 Å². The summed E-state index contributed by atoms with van der Waals surface area (Å²) in [6.07, 6.45) is 3.21. The fourth-order valence-corrected chi connectivity index (χ4v) is 2.58. The van der Waals surface area contributed by atoms with Crippen LogP contribution < -0.4 is 5.73 Å². The summed E-state index contributed by atoms with van der Waals surface area (Å²) in [7, 11) is 0. The summed E-state index contributed by atoms with van der Waals surface area (Å²) in [5.74, 6) is -0.211. The van der Waals surface area contributed by atoms with E-state index < -0.39 is 0 Å². The zero-order valence-electron chi connectivity index (χ0n) is 10.4. The van der Waals surface area contributed by atoms with E-state index in [-0.39, 0.29) is 24.2 Å². The van der Waals surface area contributed by atoms with Gasteiger partial charge in [-0.25, -0.2) is 4.39 Å². The van der Waals surface area contributed by atoms with Crippen LogP contribution in [-0.4, -0.2) is 29.9 Å². The van der Waals surface area contributed by atoms with Gasteiger partial charge in [-0.1, -0.05) is 12.1 Å². The van der Waals surface area contributed by atoms with Gasteiger partial charge < -0.3 is 10.6 Å². The summed E-state index contributed by atoms with van der Waals surface area (Å²) in [6, 6.07) is 6.51. The molecule has 1 aliphatic rings. The largest absolute Gasteiger partial charge is 0.339 e. The lowest BCUT2D eigenvalue weighted by Crippen LogP contribution is -2.37. The second-order valence-electron chi connectivity index (χ2n) is 4.77. The Morgan fingerprint density at radius 3 is 3.06 bits per heavy atom. The number of hydrogen-bond acceptors (Lipinski definition) is 2. The number of nitrogens with zero attached hydrogens (tertiary/aromatic N) is 1. The number of nitrogens with two attached hydrogens (primary N) is 1. The van der Waals surface area contributed by atoms with Gasteiger partial charge in [0.25, 0.3) is 0 Å². The van der Waals surface area contributed by atoms with Crippen molar-refractivity contribution in [3.05, 3.63) is 35.6 Å². The van der Waals surface area contributed by atoms with Gasteiger partial charge in [0.1, 0.15) is 5.82 Å². The van der Waals surface area contributed by atoms with Gasteiger partial charge in [-0.3, -0.25) is 4.79 Å². The molecule has 2 N–H and O–H groups in total. The molecule has 4 heteroatoms. The Morgan fingerprint density at radius 2 is 2.33 bits per heavy atom. The molecule has 0 spiro atoms. The van der Waals surface area contributed by atoms with Crippen LogP contribution in [0.5, 0.6) is 0 Å². The number of halogens is 1. The summed E-state index contributed by atoms with van der Waals surface area (Å²) in [4.78, 5) is 14.1. The lowest BCUT2D eigenvalue weighted by Gasteiger charge is -2.24. The molecular formula is C14H19FN2O. The van der Waals surface area contributed by atoms with Crippen molar-refractivity contribution in [2.24, 2.45) is 5.73 Å². The van der Waals surface area contributed by atoms with Gasteiger partial charge in [-0.2, -0.15) is 0 Å². The Hall–Kier alpha value is -1.42. The van der Waals surface area contributed by atoms with Crippen molar-refractivity contribution in [1.29, 1.82) is 0 Å². The Balaban J connectivity index is 1.99. The zero-order valence-corrected chi connectivity index (χ0v) is 10.4. The predicted molar refractivity (Wildman–Crippen MR) is 68.5 cm³/mol. The van der Waals surface area contributed by atoms with E-state index in [2.05, 4.69) is 0 Å². The maximum atomic E-state index is 13.1. The van der Waals surface area contributed by atoms with E-state index in [1.54, 1.807) is 12.1 Å². The summed E-state index contributed by atoms with van der Waals surface area (Å²) in [5, 5.41) is 0. The number of rotatable bonds is 4. The molecular weight excluding hydrogens is 231 g/mol. The number of carbonyl (C=O) groups excluding carboxylic acids is 1. The van der Waals surface area contributed by atoms with Crippen LogP contribution in [0.2, 0.25) is 0 Å². The third kappa shape index (κ3) is 3.07. The molecule has 0 radical (unpaired) electrons. The SMILES string of the molecule is NCCC1CCCN1C(=O)Cc1cccc(F)c1. The Bertz CT molecular complexity index is 422. The monoisotopic (exact) mass is 250 g/mol. The van der Waals surface area contributed by atoms with Gasteiger partial charge >= 0.3 is 0 Å². The molecule has 1 unspecified atom stereocenters. The van der Waals surface area contributed by atoms with Crippen molar-refractivity contribution in [1.82, 2.24) is 4.90 Å². The third-order valence-corrected chi connectivity index (χ3v) is 3.44. The summed E-state index contributed by atoms with van der Waals surface area (Å²) in [6.45, 7) is 1.41. The van der Waals surface area contributed by atoms with Crippen molar-refractivity contribution >= 4 is 5.91 Å². The van der Waals surface area contributed by atoms with E-state index in [0.29, 0.717) is 6.54 Å². The van der Waals surface area contributed by atoms with E-state index in [0.717, 1.165) is 31.4 Å². The van der Waals surface area contributed by atoms with Gasteiger partial charge in [-0.15, -0.1) is 0 Å². The minimum Gasteiger partial charge on any atom is -0.339 e. The van der Waals surface area contributed by atoms with Gasteiger partial charge in [0.15, 0.2) is 0 Å². The molecule has 0 aromatic heterocycles. The van der Waals surface area contributed by atoms with Gasteiger partial charge in [0.05, 0.1) is 6.42 Å². The first kappa shape index (κ1) is 13.0. The highest BCUT2D eigenvalue weighted by Crippen LogP contribution is 2.20. The van der Waals surface area contributed by atoms with Crippen LogP contribution in [0.3, 0.4) is 0 Å². The average molecular weight is 250 g/mol. The highest BCUT2D eigenvalue weighted by atomic mass is 19.1. The molecule has 0 aliphatic carbocycles. The molecule has 1 amide bonds. The highest BCUT2D eigenvalue weighted by molar-refractivity contribution is 5.79. The Kier molecular flexibility index (Phi) is 4.31. The molecule has 1 aliphatic heterocycles. The van der Waals surface area contributed by atoms with Crippen LogP contribution in [0.15, 0.2) is 24.3 Å². The molecule has 2 rings (SSSR count). The predicted octanol–water partition coefficient (Wildman–Crippen LogP) is 1.71. The van der Waals surface area contributed by atoms with Crippen molar-refractivity contribution in [3.8, 4) is 0 Å². The van der Waals surface area contributed by atoms with Crippen molar-refractivity contribution < 1.29 is 9.18 Å². The van der Waals surface area contributed by atoms with Crippen molar-refractivity contribution in [2.45, 2.75) is 31.7 Å². The van der Waals surface area contributed by atoms with E-state index in [9.17, 15) is 9.18 Å². The Labute approximate surface area is 107 Å². The topological polar surface area (TPSA) is 46.3 Å². The lowest BCUT2D eigenvalue weighted by atomic mass is 10.1. The maximum Gasteiger partial charge on any atom is 0.227 e. The molecule has 1 aromatic rings. The van der Waals surface area contributed by atoms with Crippen LogP contribution in [-0.2, 0) is 11.2 Å². The summed E-state index contributed by atoms with van der Waals surface area (Å²) < 4.78 is 13.1. The second kappa shape index (κ2) is 5.96. The Morgan fingerprint density at radius 1 is 1.50 bits per heavy atom. The molecule has 1 atom stereocenters. The number of amides is 1. The molecule has 1 saturated heterocycles. The molecule has 1 aromatic carbocycles. The molecule has 18 heavy (non-hydrogen) atoms. The van der Waals surface area contributed by atoms with Crippen molar-refractivity contribution in [3.63, 3.8) is 0 Å². The molecule has 1 heterocycles. The molecule has 3 nitrogen and oxygen atoms in total. The van der Waals surface area contributed by atoms with Gasteiger partial charge in [0.2, 0.25) is 5.91 Å². The average Bonchev–Trinajstić information content (AvgIpc) is 2.78. The normalized spacial score (nSPS) is 19.2. The van der Waals surface area contributed by atoms with Crippen LogP contribution in [0.25, 0.3) is 0 Å². The zero-order chi connectivity index (χ0) is 13.0. The number of carbonyl (C=O) groups is 1. The number of hydrogen-bond donors (Lipinski definition) is 1. The minimum atomic E-state index is -0.291. The van der Waals surface area contributed by atoms with Crippen LogP contribution in [0.4, 0.5) is 4.39 Å². The fourth-order valence-electron chi connectivity index (χ4n) is 2.58. The molecule has 0 saturated carbocycles. The molecule has 1 fully saturated rings. The second-order valence-corrected chi connectivity index (χ2v) is 4.77. The first-order valence-electron chi connectivity index (χ1n) is 6.44. The van der Waals surface area contributed by atoms with Crippen LogP contribution >= 0.6 is 0 Å². The minimum absolute atomic E-state index is 0.0801. The first-order valence-corrected chi connectivity index (χ1v) is 6.44. The van der Waals surface area contributed by atoms with E-state index in [1.807, 2.05) is 4.90 Å². The van der Waals surface area contributed by atoms with Crippen LogP contribution in [0, 0.1) is 5.82 Å². The maximum absolute atomic E-state index is 13.1. The van der Waals surface area contributed by atoms with Crippen LogP contribution in [0.1, 0.15) is 24.8 Å². The summed E-state index contributed by atoms with van der Waals surface area (Å²) >= 11 is 0. The highest BCUT2D eigenvalue weighted by Gasteiger charge is 2.27. The van der Waals surface area contributed by atoms with Crippen molar-refractivity contribution in [2.75, 3.05) is 13.1 Å². The standard InChI is InChI=1S/C14H19FN2O/c15-12-4-1-3-11(9-12)10-14(18)17-8-2-5-13(17)6-7-16/h1,3-4,9,13H,2,5-8,10,16H2. The number of likely N-dealkylation sites (tertiary alicyclic amines) is 1. The first-order chi connectivity index (χ1) is 8.70. The third-order valence-electron chi connectivity index (χ3n) is 3.44. The quantitative estimate of drug-likeness (QED) is 0.884. The van der Waals surface area contributed by atoms with E-state index in [4.69, 9.17) is 5.73 Å². The lowest BCUT2D eigenvalue weighted by molar-refractivity contribution is -0.131. The molecule has 0 bridgehead atoms. The van der Waals surface area contributed by atoms with E-state index in [1.165, 1.54) is 12.1 Å². The number of benzene rings is 1. The smallest absolute Gasteiger partial charge is 0.227 e. The summed E-state index contributed by atoms with van der Waals surface area (Å²) in [5.41, 5.74) is 6.29.